The van der Waals surface area contributed by atoms with Crippen molar-refractivity contribution in [1.29, 1.82) is 0 Å². The number of rotatable bonds is 5. The number of likely N-dealkylation sites (N-methyl/N-ethyl adjacent to an activating group) is 1. The second-order valence-electron chi connectivity index (χ2n) is 5.57. The van der Waals surface area contributed by atoms with Gasteiger partial charge in [-0.1, -0.05) is 20.8 Å². The van der Waals surface area contributed by atoms with Gasteiger partial charge in [0.2, 0.25) is 5.91 Å². The third kappa shape index (κ3) is 4.30. The molecular weight excluding hydrogens is 212 g/mol. The number of nitrogens with one attached hydrogen (secondary N) is 1. The highest BCUT2D eigenvalue weighted by atomic mass is 16.2. The van der Waals surface area contributed by atoms with Gasteiger partial charge in [-0.25, -0.2) is 0 Å². The largest absolute Gasteiger partial charge is 0.341 e. The predicted molar refractivity (Wildman–Crippen MR) is 71.9 cm³/mol. The molecule has 0 saturated carbocycles. The van der Waals surface area contributed by atoms with Gasteiger partial charge in [0.25, 0.3) is 0 Å². The van der Waals surface area contributed by atoms with Gasteiger partial charge in [0, 0.05) is 25.6 Å². The van der Waals surface area contributed by atoms with Crippen molar-refractivity contribution in [1.82, 2.24) is 10.2 Å². The number of amides is 1. The fraction of sp³-hybridized carbons (Fsp3) is 0.929. The van der Waals surface area contributed by atoms with E-state index in [4.69, 9.17) is 0 Å². The molecule has 0 bridgehead atoms. The Balaban J connectivity index is 2.52. The molecule has 0 spiro atoms. The van der Waals surface area contributed by atoms with Crippen molar-refractivity contribution in [2.75, 3.05) is 20.1 Å². The van der Waals surface area contributed by atoms with Gasteiger partial charge >= 0.3 is 0 Å². The summed E-state index contributed by atoms with van der Waals surface area (Å²) in [7, 11) is 1.98. The van der Waals surface area contributed by atoms with Crippen LogP contribution in [-0.4, -0.2) is 37.0 Å². The van der Waals surface area contributed by atoms with Crippen LogP contribution in [0.2, 0.25) is 0 Å². The second-order valence-corrected chi connectivity index (χ2v) is 5.57. The Bertz CT molecular complexity index is 236. The lowest BCUT2D eigenvalue weighted by Crippen LogP contribution is -2.42. The minimum absolute atomic E-state index is 0.349. The third-order valence-electron chi connectivity index (χ3n) is 4.14. The molecule has 17 heavy (non-hydrogen) atoms. The zero-order valence-electron chi connectivity index (χ0n) is 11.8. The first-order chi connectivity index (χ1) is 8.08. The van der Waals surface area contributed by atoms with Crippen molar-refractivity contribution in [3.63, 3.8) is 0 Å². The second kappa shape index (κ2) is 7.00. The molecule has 1 rings (SSSR count). The standard InChI is InChI=1S/C14H28N2O/c1-5-13(15-4)10-16-9-8-12(11(2)3)6-7-14(16)17/h11-13,15H,5-10H2,1-4H3. The maximum absolute atomic E-state index is 12.0. The lowest BCUT2D eigenvalue weighted by atomic mass is 9.89. The lowest BCUT2D eigenvalue weighted by molar-refractivity contribution is -0.131. The molecular formula is C14H28N2O. The summed E-state index contributed by atoms with van der Waals surface area (Å²) in [5, 5.41) is 3.28. The zero-order chi connectivity index (χ0) is 12.8. The Morgan fingerprint density at radius 1 is 1.41 bits per heavy atom. The molecule has 0 radical (unpaired) electrons. The van der Waals surface area contributed by atoms with Crippen molar-refractivity contribution in [3.05, 3.63) is 0 Å². The summed E-state index contributed by atoms with van der Waals surface area (Å²) in [5.74, 6) is 1.77. The van der Waals surface area contributed by atoms with E-state index in [0.29, 0.717) is 17.9 Å². The Morgan fingerprint density at radius 2 is 2.12 bits per heavy atom. The van der Waals surface area contributed by atoms with Gasteiger partial charge in [0.15, 0.2) is 0 Å². The van der Waals surface area contributed by atoms with Crippen molar-refractivity contribution < 1.29 is 4.79 Å². The van der Waals surface area contributed by atoms with Crippen LogP contribution in [0, 0.1) is 11.8 Å². The van der Waals surface area contributed by atoms with Crippen LogP contribution in [0.25, 0.3) is 0 Å². The molecule has 3 heteroatoms. The first-order valence-corrected chi connectivity index (χ1v) is 7.03. The molecule has 100 valence electrons. The molecule has 0 aromatic heterocycles. The molecule has 1 fully saturated rings. The molecule has 2 unspecified atom stereocenters. The van der Waals surface area contributed by atoms with E-state index >= 15 is 0 Å². The van der Waals surface area contributed by atoms with E-state index in [1.165, 1.54) is 6.42 Å². The summed E-state index contributed by atoms with van der Waals surface area (Å²) in [6.45, 7) is 8.53. The summed E-state index contributed by atoms with van der Waals surface area (Å²) in [5.41, 5.74) is 0. The van der Waals surface area contributed by atoms with Gasteiger partial charge in [-0.3, -0.25) is 4.79 Å². The van der Waals surface area contributed by atoms with E-state index in [2.05, 4.69) is 31.0 Å². The van der Waals surface area contributed by atoms with Crippen molar-refractivity contribution in [2.24, 2.45) is 11.8 Å². The summed E-state index contributed by atoms with van der Waals surface area (Å²) in [4.78, 5) is 14.1. The smallest absolute Gasteiger partial charge is 0.222 e. The Morgan fingerprint density at radius 3 is 2.65 bits per heavy atom. The van der Waals surface area contributed by atoms with Crippen LogP contribution in [0.4, 0.5) is 0 Å². The summed E-state index contributed by atoms with van der Waals surface area (Å²) in [6, 6.07) is 0.439. The zero-order valence-corrected chi connectivity index (χ0v) is 11.8. The van der Waals surface area contributed by atoms with E-state index in [1.807, 2.05) is 7.05 Å². The summed E-state index contributed by atoms with van der Waals surface area (Å²) in [6.07, 6.45) is 4.06. The number of carbonyl (C=O) groups excluding carboxylic acids is 1. The first kappa shape index (κ1) is 14.5. The Hall–Kier alpha value is -0.570. The SMILES string of the molecule is CCC(CN1CCC(C(C)C)CCC1=O)NC. The van der Waals surface area contributed by atoms with Crippen LogP contribution in [0.15, 0.2) is 0 Å². The van der Waals surface area contributed by atoms with Crippen LogP contribution < -0.4 is 5.32 Å². The number of likely N-dealkylation sites (tertiary alicyclic amines) is 1. The minimum atomic E-state index is 0.349. The molecule has 2 atom stereocenters. The van der Waals surface area contributed by atoms with Gasteiger partial charge in [0.05, 0.1) is 0 Å². The van der Waals surface area contributed by atoms with E-state index in [0.717, 1.165) is 38.3 Å². The van der Waals surface area contributed by atoms with Crippen molar-refractivity contribution in [2.45, 2.75) is 52.5 Å². The number of hydrogen-bond donors (Lipinski definition) is 1. The molecule has 0 aromatic carbocycles. The molecule has 1 amide bonds. The van der Waals surface area contributed by atoms with Gasteiger partial charge in [-0.15, -0.1) is 0 Å². The van der Waals surface area contributed by atoms with Crippen LogP contribution in [0.5, 0.6) is 0 Å². The van der Waals surface area contributed by atoms with E-state index in [-0.39, 0.29) is 0 Å². The van der Waals surface area contributed by atoms with Crippen LogP contribution >= 0.6 is 0 Å². The normalized spacial score (nSPS) is 23.9. The molecule has 1 heterocycles. The van der Waals surface area contributed by atoms with Crippen molar-refractivity contribution in [3.8, 4) is 0 Å². The molecule has 1 N–H and O–H groups in total. The highest BCUT2D eigenvalue weighted by molar-refractivity contribution is 5.76. The lowest BCUT2D eigenvalue weighted by Gasteiger charge is -2.26. The Labute approximate surface area is 106 Å². The average Bonchev–Trinajstić information content (AvgIpc) is 2.49. The fourth-order valence-electron chi connectivity index (χ4n) is 2.61. The number of hydrogen-bond acceptors (Lipinski definition) is 2. The summed E-state index contributed by atoms with van der Waals surface area (Å²) >= 11 is 0. The third-order valence-corrected chi connectivity index (χ3v) is 4.14. The van der Waals surface area contributed by atoms with E-state index in [1.54, 1.807) is 0 Å². The highest BCUT2D eigenvalue weighted by Gasteiger charge is 2.25. The monoisotopic (exact) mass is 240 g/mol. The molecule has 0 aromatic rings. The van der Waals surface area contributed by atoms with E-state index < -0.39 is 0 Å². The minimum Gasteiger partial charge on any atom is -0.341 e. The number of carbonyl (C=O) groups is 1. The maximum Gasteiger partial charge on any atom is 0.222 e. The molecule has 0 aliphatic carbocycles. The van der Waals surface area contributed by atoms with Crippen LogP contribution in [0.3, 0.4) is 0 Å². The van der Waals surface area contributed by atoms with Crippen LogP contribution in [-0.2, 0) is 4.79 Å². The Kier molecular flexibility index (Phi) is 5.96. The number of nitrogens with zero attached hydrogens (tertiary/aromatic N) is 1. The fourth-order valence-corrected chi connectivity index (χ4v) is 2.61. The van der Waals surface area contributed by atoms with Gasteiger partial charge in [-0.05, 0) is 38.1 Å². The molecule has 3 nitrogen and oxygen atoms in total. The van der Waals surface area contributed by atoms with Gasteiger partial charge < -0.3 is 10.2 Å². The molecule has 1 saturated heterocycles. The average molecular weight is 240 g/mol. The maximum atomic E-state index is 12.0. The quantitative estimate of drug-likeness (QED) is 0.799. The van der Waals surface area contributed by atoms with Crippen molar-refractivity contribution >= 4 is 5.91 Å². The predicted octanol–water partition coefficient (Wildman–Crippen LogP) is 2.27. The van der Waals surface area contributed by atoms with E-state index in [9.17, 15) is 4.79 Å². The van der Waals surface area contributed by atoms with Gasteiger partial charge in [0.1, 0.15) is 0 Å². The van der Waals surface area contributed by atoms with Gasteiger partial charge in [-0.2, -0.15) is 0 Å². The topological polar surface area (TPSA) is 32.3 Å². The summed E-state index contributed by atoms with van der Waals surface area (Å²) < 4.78 is 0. The van der Waals surface area contributed by atoms with Crippen LogP contribution in [0.1, 0.15) is 46.5 Å². The highest BCUT2D eigenvalue weighted by Crippen LogP contribution is 2.25. The molecule has 1 aliphatic rings. The molecule has 1 aliphatic heterocycles. The first-order valence-electron chi connectivity index (χ1n) is 7.03.